The van der Waals surface area contributed by atoms with Crippen molar-refractivity contribution in [2.45, 2.75) is 6.42 Å². The molecule has 0 atom stereocenters. The molecule has 0 aliphatic carbocycles. The summed E-state index contributed by atoms with van der Waals surface area (Å²) in [6.07, 6.45) is 5.64. The van der Waals surface area contributed by atoms with E-state index >= 15 is 0 Å². The molecule has 0 saturated carbocycles. The molecule has 94 valence electrons. The standard InChI is InChI=1S/C15H18N2S/c18-10-9-17-7-5-12(6-8-17)14-11-16-15-4-2-1-3-13(14)15/h1-5,11,16,18H,6-10H2. The maximum Gasteiger partial charge on any atom is 0.0460 e. The summed E-state index contributed by atoms with van der Waals surface area (Å²) in [6, 6.07) is 8.51. The van der Waals surface area contributed by atoms with Crippen LogP contribution in [0, 0.1) is 0 Å². The molecule has 1 aliphatic heterocycles. The van der Waals surface area contributed by atoms with Gasteiger partial charge in [0.2, 0.25) is 0 Å². The van der Waals surface area contributed by atoms with Crippen molar-refractivity contribution in [1.29, 1.82) is 0 Å². The monoisotopic (exact) mass is 258 g/mol. The zero-order valence-electron chi connectivity index (χ0n) is 10.4. The lowest BCUT2D eigenvalue weighted by Crippen LogP contribution is -2.30. The molecule has 2 nitrogen and oxygen atoms in total. The average Bonchev–Trinajstić information content (AvgIpc) is 2.84. The Balaban J connectivity index is 1.87. The SMILES string of the molecule is SCCN1CC=C(c2c[nH]c3ccccc23)CC1. The lowest BCUT2D eigenvalue weighted by atomic mass is 9.99. The molecule has 1 aliphatic rings. The lowest BCUT2D eigenvalue weighted by molar-refractivity contribution is 0.321. The van der Waals surface area contributed by atoms with Gasteiger partial charge in [-0.05, 0) is 18.1 Å². The Labute approximate surface area is 113 Å². The van der Waals surface area contributed by atoms with E-state index in [9.17, 15) is 0 Å². The van der Waals surface area contributed by atoms with Crippen molar-refractivity contribution in [2.75, 3.05) is 25.4 Å². The molecule has 0 bridgehead atoms. The fraction of sp³-hybridized carbons (Fsp3) is 0.333. The Morgan fingerprint density at radius 2 is 2.17 bits per heavy atom. The van der Waals surface area contributed by atoms with Gasteiger partial charge in [-0.2, -0.15) is 12.6 Å². The summed E-state index contributed by atoms with van der Waals surface area (Å²) in [5, 5.41) is 1.34. The molecule has 0 unspecified atom stereocenters. The Kier molecular flexibility index (Phi) is 3.43. The molecule has 0 saturated heterocycles. The second-order valence-electron chi connectivity index (χ2n) is 4.75. The highest BCUT2D eigenvalue weighted by Crippen LogP contribution is 2.28. The van der Waals surface area contributed by atoms with Crippen LogP contribution < -0.4 is 0 Å². The number of H-pyrrole nitrogens is 1. The van der Waals surface area contributed by atoms with Gasteiger partial charge in [-0.3, -0.25) is 4.90 Å². The van der Waals surface area contributed by atoms with Crippen molar-refractivity contribution in [3.05, 3.63) is 42.1 Å². The zero-order valence-corrected chi connectivity index (χ0v) is 11.3. The smallest absolute Gasteiger partial charge is 0.0460 e. The number of aromatic nitrogens is 1. The fourth-order valence-corrected chi connectivity index (χ4v) is 2.92. The van der Waals surface area contributed by atoms with Gasteiger partial charge in [0.25, 0.3) is 0 Å². The molecule has 0 amide bonds. The molecule has 1 aromatic heterocycles. The van der Waals surface area contributed by atoms with E-state index in [1.165, 1.54) is 22.0 Å². The van der Waals surface area contributed by atoms with Gasteiger partial charge in [-0.15, -0.1) is 0 Å². The van der Waals surface area contributed by atoms with E-state index in [0.717, 1.165) is 31.8 Å². The molecule has 0 spiro atoms. The van der Waals surface area contributed by atoms with E-state index in [-0.39, 0.29) is 0 Å². The summed E-state index contributed by atoms with van der Waals surface area (Å²) in [7, 11) is 0. The number of rotatable bonds is 3. The maximum absolute atomic E-state index is 4.29. The van der Waals surface area contributed by atoms with Gasteiger partial charge in [0.05, 0.1) is 0 Å². The summed E-state index contributed by atoms with van der Waals surface area (Å²) >= 11 is 4.29. The Hall–Kier alpha value is -1.19. The first-order chi connectivity index (χ1) is 8.88. The van der Waals surface area contributed by atoms with Crippen molar-refractivity contribution in [1.82, 2.24) is 9.88 Å². The van der Waals surface area contributed by atoms with Crippen LogP contribution >= 0.6 is 12.6 Å². The number of para-hydroxylation sites is 1. The van der Waals surface area contributed by atoms with Crippen LogP contribution in [0.3, 0.4) is 0 Å². The highest BCUT2D eigenvalue weighted by Gasteiger charge is 2.14. The number of thiol groups is 1. The van der Waals surface area contributed by atoms with Gasteiger partial charge >= 0.3 is 0 Å². The molecular formula is C15H18N2S. The summed E-state index contributed by atoms with van der Waals surface area (Å²) in [4.78, 5) is 5.80. The predicted molar refractivity (Wildman–Crippen MR) is 81.2 cm³/mol. The molecule has 3 rings (SSSR count). The van der Waals surface area contributed by atoms with Crippen LogP contribution in [0.5, 0.6) is 0 Å². The predicted octanol–water partition coefficient (Wildman–Crippen LogP) is 3.19. The molecule has 2 aromatic rings. The second-order valence-corrected chi connectivity index (χ2v) is 5.20. The van der Waals surface area contributed by atoms with Crippen molar-refractivity contribution < 1.29 is 0 Å². The Morgan fingerprint density at radius 3 is 2.94 bits per heavy atom. The summed E-state index contributed by atoms with van der Waals surface area (Å²) < 4.78 is 0. The number of nitrogens with zero attached hydrogens (tertiary/aromatic N) is 1. The molecule has 1 N–H and O–H groups in total. The summed E-state index contributed by atoms with van der Waals surface area (Å²) in [5.74, 6) is 0.941. The van der Waals surface area contributed by atoms with Gasteiger partial charge < -0.3 is 4.98 Å². The van der Waals surface area contributed by atoms with Crippen molar-refractivity contribution in [3.8, 4) is 0 Å². The number of hydrogen-bond acceptors (Lipinski definition) is 2. The van der Waals surface area contributed by atoms with Crippen LogP contribution in [0.2, 0.25) is 0 Å². The Bertz CT molecular complexity index is 571. The summed E-state index contributed by atoms with van der Waals surface area (Å²) in [6.45, 7) is 3.28. The van der Waals surface area contributed by atoms with Crippen LogP contribution in [-0.4, -0.2) is 35.3 Å². The van der Waals surface area contributed by atoms with Gasteiger partial charge in [0.1, 0.15) is 0 Å². The first kappa shape index (κ1) is 11.9. The topological polar surface area (TPSA) is 19.0 Å². The van der Waals surface area contributed by atoms with Crippen LogP contribution in [-0.2, 0) is 0 Å². The fourth-order valence-electron chi connectivity index (χ4n) is 2.64. The minimum atomic E-state index is 0.941. The van der Waals surface area contributed by atoms with E-state index < -0.39 is 0 Å². The lowest BCUT2D eigenvalue weighted by Gasteiger charge is -2.25. The first-order valence-electron chi connectivity index (χ1n) is 6.47. The molecular weight excluding hydrogens is 240 g/mol. The van der Waals surface area contributed by atoms with Gasteiger partial charge in [0, 0.05) is 48.1 Å². The third-order valence-electron chi connectivity index (χ3n) is 3.64. The van der Waals surface area contributed by atoms with Crippen molar-refractivity contribution in [3.63, 3.8) is 0 Å². The highest BCUT2D eigenvalue weighted by atomic mass is 32.1. The van der Waals surface area contributed by atoms with Gasteiger partial charge in [-0.1, -0.05) is 24.3 Å². The molecule has 0 radical (unpaired) electrons. The third-order valence-corrected chi connectivity index (χ3v) is 3.84. The zero-order chi connectivity index (χ0) is 12.4. The van der Waals surface area contributed by atoms with E-state index in [2.05, 4.69) is 59.1 Å². The first-order valence-corrected chi connectivity index (χ1v) is 7.10. The van der Waals surface area contributed by atoms with E-state index in [0.29, 0.717) is 0 Å². The molecule has 2 heterocycles. The largest absolute Gasteiger partial charge is 0.361 e. The number of nitrogens with one attached hydrogen (secondary N) is 1. The number of fused-ring (bicyclic) bond motifs is 1. The summed E-state index contributed by atoms with van der Waals surface area (Å²) in [5.41, 5.74) is 4.07. The third kappa shape index (κ3) is 2.20. The van der Waals surface area contributed by atoms with Crippen molar-refractivity contribution in [2.24, 2.45) is 0 Å². The number of benzene rings is 1. The van der Waals surface area contributed by atoms with E-state index in [1.807, 2.05) is 0 Å². The van der Waals surface area contributed by atoms with E-state index in [4.69, 9.17) is 0 Å². The molecule has 3 heteroatoms. The highest BCUT2D eigenvalue weighted by molar-refractivity contribution is 7.80. The van der Waals surface area contributed by atoms with Crippen LogP contribution in [0.4, 0.5) is 0 Å². The Morgan fingerprint density at radius 1 is 1.28 bits per heavy atom. The normalized spacial score (nSPS) is 17.1. The quantitative estimate of drug-likeness (QED) is 0.810. The molecule has 0 fully saturated rings. The van der Waals surface area contributed by atoms with Crippen LogP contribution in [0.1, 0.15) is 12.0 Å². The van der Waals surface area contributed by atoms with E-state index in [1.54, 1.807) is 0 Å². The van der Waals surface area contributed by atoms with Crippen LogP contribution in [0.25, 0.3) is 16.5 Å². The molecule has 18 heavy (non-hydrogen) atoms. The second kappa shape index (κ2) is 5.21. The molecule has 1 aromatic carbocycles. The average molecular weight is 258 g/mol. The van der Waals surface area contributed by atoms with Gasteiger partial charge in [-0.25, -0.2) is 0 Å². The van der Waals surface area contributed by atoms with Crippen LogP contribution in [0.15, 0.2) is 36.5 Å². The number of aromatic amines is 1. The van der Waals surface area contributed by atoms with Crippen molar-refractivity contribution >= 4 is 29.1 Å². The maximum atomic E-state index is 4.29. The minimum absolute atomic E-state index is 0.941. The minimum Gasteiger partial charge on any atom is -0.361 e. The number of hydrogen-bond donors (Lipinski definition) is 2. The van der Waals surface area contributed by atoms with Gasteiger partial charge in [0.15, 0.2) is 0 Å².